The van der Waals surface area contributed by atoms with Gasteiger partial charge < -0.3 is 5.21 Å². The molecule has 0 saturated heterocycles. The zero-order chi connectivity index (χ0) is 19.5. The average Bonchev–Trinajstić information content (AvgIpc) is 2.72. The van der Waals surface area contributed by atoms with E-state index in [9.17, 15) is 5.21 Å². The Morgan fingerprint density at radius 2 is 1.68 bits per heavy atom. The Balaban J connectivity index is 1.68. The van der Waals surface area contributed by atoms with Crippen molar-refractivity contribution in [2.45, 2.75) is 32.6 Å². The van der Waals surface area contributed by atoms with Crippen molar-refractivity contribution in [1.82, 2.24) is 4.98 Å². The van der Waals surface area contributed by atoms with Crippen LogP contribution in [0.4, 0.5) is 0 Å². The first-order valence-electron chi connectivity index (χ1n) is 9.76. The highest BCUT2D eigenvalue weighted by molar-refractivity contribution is 5.94. The van der Waals surface area contributed by atoms with Crippen LogP contribution in [0.5, 0.6) is 0 Å². The van der Waals surface area contributed by atoms with E-state index in [4.69, 9.17) is 0 Å². The molecule has 2 aromatic carbocycles. The molecule has 0 fully saturated rings. The smallest absolute Gasteiger partial charge is 0.180 e. The third-order valence-electron chi connectivity index (χ3n) is 5.21. The van der Waals surface area contributed by atoms with E-state index in [0.717, 1.165) is 23.1 Å². The topological polar surface area (TPSA) is 39.8 Å². The van der Waals surface area contributed by atoms with Crippen molar-refractivity contribution >= 4 is 10.9 Å². The van der Waals surface area contributed by atoms with Crippen LogP contribution in [-0.2, 0) is 12.8 Å². The van der Waals surface area contributed by atoms with Gasteiger partial charge in [-0.05, 0) is 59.2 Å². The van der Waals surface area contributed by atoms with Gasteiger partial charge in [-0.3, -0.25) is 4.98 Å². The van der Waals surface area contributed by atoms with Crippen molar-refractivity contribution in [1.29, 1.82) is 0 Å². The Hall–Kier alpha value is -3.20. The number of benzene rings is 2. The normalized spacial score (nSPS) is 11.2. The predicted octanol–water partition coefficient (Wildman–Crippen LogP) is 5.44. The summed E-state index contributed by atoms with van der Waals surface area (Å²) in [5.41, 5.74) is 7.23. The van der Waals surface area contributed by atoms with E-state index in [0.29, 0.717) is 5.92 Å². The van der Waals surface area contributed by atoms with Crippen LogP contribution < -0.4 is 4.73 Å². The van der Waals surface area contributed by atoms with Crippen LogP contribution in [-0.4, -0.2) is 4.98 Å². The second-order valence-corrected chi connectivity index (χ2v) is 7.56. The molecular weight excluding hydrogens is 344 g/mol. The van der Waals surface area contributed by atoms with Gasteiger partial charge in [0.2, 0.25) is 0 Å². The van der Waals surface area contributed by atoms with Crippen LogP contribution in [0.15, 0.2) is 79.3 Å². The SMILES string of the molecule is CC(C)c1cc(-c2cccc(CCc3cc[n+]([O-])cc3)c2)c2ncccc2c1. The molecule has 4 rings (SSSR count). The van der Waals surface area contributed by atoms with E-state index in [2.05, 4.69) is 61.3 Å². The lowest BCUT2D eigenvalue weighted by molar-refractivity contribution is -0.605. The molecule has 0 spiro atoms. The van der Waals surface area contributed by atoms with E-state index in [-0.39, 0.29) is 0 Å². The standard InChI is InChI=1S/C25H24N2O/c1-18(2)23-16-22-7-4-12-26-25(22)24(17-23)21-6-3-5-20(15-21)9-8-19-10-13-27(28)14-11-19/h3-7,10-18H,8-9H2,1-2H3. The Morgan fingerprint density at radius 3 is 2.46 bits per heavy atom. The maximum atomic E-state index is 11.2. The highest BCUT2D eigenvalue weighted by Crippen LogP contribution is 2.32. The van der Waals surface area contributed by atoms with Crippen molar-refractivity contribution < 1.29 is 4.73 Å². The van der Waals surface area contributed by atoms with Crippen LogP contribution >= 0.6 is 0 Å². The monoisotopic (exact) mass is 368 g/mol. The number of fused-ring (bicyclic) bond motifs is 1. The summed E-state index contributed by atoms with van der Waals surface area (Å²) in [5.74, 6) is 0.466. The van der Waals surface area contributed by atoms with E-state index >= 15 is 0 Å². The minimum absolute atomic E-state index is 0.466. The average molecular weight is 368 g/mol. The number of aryl methyl sites for hydroxylation is 2. The Morgan fingerprint density at radius 1 is 0.893 bits per heavy atom. The van der Waals surface area contributed by atoms with Gasteiger partial charge in [-0.25, -0.2) is 0 Å². The minimum atomic E-state index is 0.466. The molecule has 0 aliphatic rings. The van der Waals surface area contributed by atoms with Crippen molar-refractivity contribution in [3.63, 3.8) is 0 Å². The zero-order valence-electron chi connectivity index (χ0n) is 16.3. The molecular formula is C25H24N2O. The Bertz CT molecular complexity index is 1100. The van der Waals surface area contributed by atoms with Crippen molar-refractivity contribution in [2.24, 2.45) is 0 Å². The van der Waals surface area contributed by atoms with Gasteiger partial charge >= 0.3 is 0 Å². The second kappa shape index (κ2) is 7.81. The van der Waals surface area contributed by atoms with Gasteiger partial charge in [0.15, 0.2) is 12.4 Å². The largest absolute Gasteiger partial charge is 0.619 e. The molecule has 3 nitrogen and oxygen atoms in total. The molecule has 140 valence electrons. The van der Waals surface area contributed by atoms with Gasteiger partial charge in [0, 0.05) is 29.3 Å². The number of aromatic nitrogens is 2. The van der Waals surface area contributed by atoms with Crippen molar-refractivity contribution in [2.75, 3.05) is 0 Å². The number of hydrogen-bond acceptors (Lipinski definition) is 2. The molecule has 0 N–H and O–H groups in total. The quantitative estimate of drug-likeness (QED) is 0.347. The zero-order valence-corrected chi connectivity index (χ0v) is 16.3. The molecule has 0 aliphatic carbocycles. The summed E-state index contributed by atoms with van der Waals surface area (Å²) in [6.07, 6.45) is 6.83. The van der Waals surface area contributed by atoms with Gasteiger partial charge in [0.25, 0.3) is 0 Å². The minimum Gasteiger partial charge on any atom is -0.619 e. The molecule has 0 aliphatic heterocycles. The predicted molar refractivity (Wildman–Crippen MR) is 114 cm³/mol. The van der Waals surface area contributed by atoms with Gasteiger partial charge in [0.1, 0.15) is 0 Å². The highest BCUT2D eigenvalue weighted by atomic mass is 16.5. The fraction of sp³-hybridized carbons (Fsp3) is 0.200. The van der Waals surface area contributed by atoms with Crippen LogP contribution in [0, 0.1) is 5.21 Å². The summed E-state index contributed by atoms with van der Waals surface area (Å²) in [6.45, 7) is 4.45. The lowest BCUT2D eigenvalue weighted by Gasteiger charge is -2.13. The lowest BCUT2D eigenvalue weighted by Crippen LogP contribution is -2.23. The lowest BCUT2D eigenvalue weighted by atomic mass is 9.93. The fourth-order valence-corrected chi connectivity index (χ4v) is 3.56. The molecule has 0 bridgehead atoms. The molecule has 3 heteroatoms. The number of rotatable bonds is 5. The maximum absolute atomic E-state index is 11.2. The summed E-state index contributed by atoms with van der Waals surface area (Å²) in [7, 11) is 0. The fourth-order valence-electron chi connectivity index (χ4n) is 3.56. The summed E-state index contributed by atoms with van der Waals surface area (Å²) in [5, 5.41) is 12.4. The third-order valence-corrected chi connectivity index (χ3v) is 5.21. The van der Waals surface area contributed by atoms with Crippen LogP contribution in [0.2, 0.25) is 0 Å². The molecule has 0 atom stereocenters. The second-order valence-electron chi connectivity index (χ2n) is 7.56. The number of hydrogen-bond donors (Lipinski definition) is 0. The van der Waals surface area contributed by atoms with Crippen molar-refractivity contribution in [3.05, 3.63) is 101 Å². The third kappa shape index (κ3) is 3.89. The molecule has 2 aromatic heterocycles. The first-order chi connectivity index (χ1) is 13.6. The van der Waals surface area contributed by atoms with Crippen molar-refractivity contribution in [3.8, 4) is 11.1 Å². The number of pyridine rings is 2. The first-order valence-corrected chi connectivity index (χ1v) is 9.76. The molecule has 2 heterocycles. The maximum Gasteiger partial charge on any atom is 0.180 e. The van der Waals surface area contributed by atoms with E-state index in [1.165, 1.54) is 33.2 Å². The highest BCUT2D eigenvalue weighted by Gasteiger charge is 2.10. The van der Waals surface area contributed by atoms with Gasteiger partial charge in [-0.2, -0.15) is 4.73 Å². The van der Waals surface area contributed by atoms with E-state index < -0.39 is 0 Å². The molecule has 4 aromatic rings. The molecule has 0 radical (unpaired) electrons. The molecule has 0 unspecified atom stereocenters. The molecule has 28 heavy (non-hydrogen) atoms. The van der Waals surface area contributed by atoms with Gasteiger partial charge in [-0.1, -0.05) is 44.2 Å². The summed E-state index contributed by atoms with van der Waals surface area (Å²) >= 11 is 0. The molecule has 0 amide bonds. The number of nitrogens with zero attached hydrogens (tertiary/aromatic N) is 2. The van der Waals surface area contributed by atoms with Gasteiger partial charge in [-0.15, -0.1) is 0 Å². The summed E-state index contributed by atoms with van der Waals surface area (Å²) < 4.78 is 0.823. The van der Waals surface area contributed by atoms with E-state index in [1.807, 2.05) is 24.4 Å². The molecule has 0 saturated carbocycles. The summed E-state index contributed by atoms with van der Waals surface area (Å²) in [4.78, 5) is 4.66. The van der Waals surface area contributed by atoms with Gasteiger partial charge in [0.05, 0.1) is 5.52 Å². The van der Waals surface area contributed by atoms with Crippen LogP contribution in [0.3, 0.4) is 0 Å². The van der Waals surface area contributed by atoms with E-state index in [1.54, 1.807) is 12.4 Å². The first kappa shape index (κ1) is 18.2. The Kier molecular flexibility index (Phi) is 5.07. The van der Waals surface area contributed by atoms with Crippen LogP contribution in [0.25, 0.3) is 22.0 Å². The Labute approximate surface area is 165 Å². The summed E-state index contributed by atoms with van der Waals surface area (Å²) in [6, 6.07) is 21.2. The van der Waals surface area contributed by atoms with Crippen LogP contribution in [0.1, 0.15) is 36.5 Å².